The lowest BCUT2D eigenvalue weighted by atomic mass is 10.1. The first kappa shape index (κ1) is 12.9. The SMILES string of the molecule is CN(CCC1CCCN1)Cc1ccc(Cl)cc1. The molecule has 2 nitrogen and oxygen atoms in total. The molecule has 0 aromatic heterocycles. The molecule has 1 N–H and O–H groups in total. The van der Waals surface area contributed by atoms with Gasteiger partial charge in [-0.1, -0.05) is 23.7 Å². The van der Waals surface area contributed by atoms with E-state index in [2.05, 4.69) is 29.4 Å². The van der Waals surface area contributed by atoms with Crippen LogP contribution in [0.25, 0.3) is 0 Å². The minimum atomic E-state index is 0.739. The van der Waals surface area contributed by atoms with Crippen molar-refractivity contribution in [2.24, 2.45) is 0 Å². The zero-order chi connectivity index (χ0) is 12.1. The number of hydrogen-bond donors (Lipinski definition) is 1. The number of hydrogen-bond acceptors (Lipinski definition) is 2. The maximum Gasteiger partial charge on any atom is 0.0406 e. The van der Waals surface area contributed by atoms with Gasteiger partial charge in [0.1, 0.15) is 0 Å². The third-order valence-electron chi connectivity index (χ3n) is 3.39. The summed E-state index contributed by atoms with van der Waals surface area (Å²) in [5, 5.41) is 4.35. The average Bonchev–Trinajstić information content (AvgIpc) is 2.83. The van der Waals surface area contributed by atoms with E-state index >= 15 is 0 Å². The quantitative estimate of drug-likeness (QED) is 0.867. The van der Waals surface area contributed by atoms with E-state index < -0.39 is 0 Å². The second-order valence-corrected chi connectivity index (χ2v) is 5.38. The molecule has 17 heavy (non-hydrogen) atoms. The van der Waals surface area contributed by atoms with Crippen LogP contribution in [0.3, 0.4) is 0 Å². The molecule has 1 heterocycles. The zero-order valence-corrected chi connectivity index (χ0v) is 11.2. The predicted molar refractivity (Wildman–Crippen MR) is 73.4 cm³/mol. The summed E-state index contributed by atoms with van der Waals surface area (Å²) in [6.07, 6.45) is 3.93. The van der Waals surface area contributed by atoms with Gasteiger partial charge in [-0.3, -0.25) is 0 Å². The van der Waals surface area contributed by atoms with Crippen molar-refractivity contribution in [3.63, 3.8) is 0 Å². The van der Waals surface area contributed by atoms with Crippen molar-refractivity contribution in [3.05, 3.63) is 34.9 Å². The molecule has 2 rings (SSSR count). The average molecular weight is 253 g/mol. The monoisotopic (exact) mass is 252 g/mol. The van der Waals surface area contributed by atoms with Crippen molar-refractivity contribution < 1.29 is 0 Å². The summed E-state index contributed by atoms with van der Waals surface area (Å²) >= 11 is 5.87. The lowest BCUT2D eigenvalue weighted by molar-refractivity contribution is 0.305. The Bertz CT molecular complexity index is 331. The molecule has 1 aliphatic heterocycles. The summed E-state index contributed by atoms with van der Waals surface area (Å²) in [7, 11) is 2.18. The first-order valence-electron chi connectivity index (χ1n) is 6.40. The van der Waals surface area contributed by atoms with E-state index in [9.17, 15) is 0 Å². The molecule has 0 saturated carbocycles. The summed E-state index contributed by atoms with van der Waals surface area (Å²) in [4.78, 5) is 2.38. The van der Waals surface area contributed by atoms with Crippen molar-refractivity contribution >= 4 is 11.6 Å². The summed E-state index contributed by atoms with van der Waals surface area (Å²) < 4.78 is 0. The summed E-state index contributed by atoms with van der Waals surface area (Å²) in [5.41, 5.74) is 1.33. The molecule has 1 unspecified atom stereocenters. The first-order chi connectivity index (χ1) is 8.24. The van der Waals surface area contributed by atoms with Gasteiger partial charge in [0, 0.05) is 17.6 Å². The van der Waals surface area contributed by atoms with Crippen molar-refractivity contribution in [1.29, 1.82) is 0 Å². The van der Waals surface area contributed by atoms with Crippen LogP contribution < -0.4 is 5.32 Å². The van der Waals surface area contributed by atoms with Crippen LogP contribution in [-0.4, -0.2) is 31.1 Å². The minimum Gasteiger partial charge on any atom is -0.314 e. The van der Waals surface area contributed by atoms with Gasteiger partial charge in [0.05, 0.1) is 0 Å². The lowest BCUT2D eigenvalue weighted by Crippen LogP contribution is -2.28. The highest BCUT2D eigenvalue weighted by Gasteiger charge is 2.14. The van der Waals surface area contributed by atoms with Crippen LogP contribution in [0.5, 0.6) is 0 Å². The topological polar surface area (TPSA) is 15.3 Å². The molecule has 1 atom stereocenters. The molecular formula is C14H21ClN2. The molecule has 0 spiro atoms. The smallest absolute Gasteiger partial charge is 0.0406 e. The second-order valence-electron chi connectivity index (χ2n) is 4.95. The zero-order valence-electron chi connectivity index (χ0n) is 10.5. The van der Waals surface area contributed by atoms with E-state index in [1.165, 1.54) is 31.4 Å². The number of rotatable bonds is 5. The fourth-order valence-corrected chi connectivity index (χ4v) is 2.49. The Morgan fingerprint density at radius 1 is 1.35 bits per heavy atom. The fraction of sp³-hybridized carbons (Fsp3) is 0.571. The van der Waals surface area contributed by atoms with Gasteiger partial charge >= 0.3 is 0 Å². The Kier molecular flexibility index (Phi) is 4.84. The molecule has 0 aliphatic carbocycles. The van der Waals surface area contributed by atoms with Gasteiger partial charge in [-0.05, 0) is 57.1 Å². The molecule has 3 heteroatoms. The van der Waals surface area contributed by atoms with Crippen molar-refractivity contribution in [2.75, 3.05) is 20.1 Å². The third-order valence-corrected chi connectivity index (χ3v) is 3.64. The van der Waals surface area contributed by atoms with Crippen LogP contribution >= 0.6 is 11.6 Å². The van der Waals surface area contributed by atoms with Crippen molar-refractivity contribution in [2.45, 2.75) is 31.8 Å². The van der Waals surface area contributed by atoms with Gasteiger partial charge < -0.3 is 10.2 Å². The molecule has 0 radical (unpaired) electrons. The number of nitrogens with zero attached hydrogens (tertiary/aromatic N) is 1. The van der Waals surface area contributed by atoms with Gasteiger partial charge in [0.15, 0.2) is 0 Å². The Morgan fingerprint density at radius 2 is 2.12 bits per heavy atom. The van der Waals surface area contributed by atoms with Crippen LogP contribution in [-0.2, 0) is 6.54 Å². The van der Waals surface area contributed by atoms with Crippen LogP contribution in [0.1, 0.15) is 24.8 Å². The van der Waals surface area contributed by atoms with Gasteiger partial charge in [-0.15, -0.1) is 0 Å². The maximum atomic E-state index is 5.87. The van der Waals surface area contributed by atoms with Crippen LogP contribution in [0.15, 0.2) is 24.3 Å². The van der Waals surface area contributed by atoms with E-state index in [4.69, 9.17) is 11.6 Å². The highest BCUT2D eigenvalue weighted by molar-refractivity contribution is 6.30. The minimum absolute atomic E-state index is 0.739. The summed E-state index contributed by atoms with van der Waals surface area (Å²) in [5.74, 6) is 0. The largest absolute Gasteiger partial charge is 0.314 e. The molecular weight excluding hydrogens is 232 g/mol. The van der Waals surface area contributed by atoms with Gasteiger partial charge in [-0.2, -0.15) is 0 Å². The summed E-state index contributed by atoms with van der Waals surface area (Å²) in [6.45, 7) is 3.36. The molecule has 1 aromatic carbocycles. The van der Waals surface area contributed by atoms with Crippen LogP contribution in [0.2, 0.25) is 5.02 Å². The molecule has 1 aliphatic rings. The number of benzene rings is 1. The van der Waals surface area contributed by atoms with Gasteiger partial charge in [-0.25, -0.2) is 0 Å². The predicted octanol–water partition coefficient (Wildman–Crippen LogP) is 2.91. The Morgan fingerprint density at radius 3 is 2.76 bits per heavy atom. The van der Waals surface area contributed by atoms with Crippen LogP contribution in [0, 0.1) is 0 Å². The number of halogens is 1. The molecule has 94 valence electrons. The Balaban J connectivity index is 1.72. The fourth-order valence-electron chi connectivity index (χ4n) is 2.36. The highest BCUT2D eigenvalue weighted by atomic mass is 35.5. The van der Waals surface area contributed by atoms with Crippen molar-refractivity contribution in [3.8, 4) is 0 Å². The number of nitrogens with one attached hydrogen (secondary N) is 1. The first-order valence-corrected chi connectivity index (χ1v) is 6.78. The van der Waals surface area contributed by atoms with Crippen LogP contribution in [0.4, 0.5) is 0 Å². The van der Waals surface area contributed by atoms with E-state index in [0.717, 1.165) is 24.2 Å². The van der Waals surface area contributed by atoms with Crippen molar-refractivity contribution in [1.82, 2.24) is 10.2 Å². The molecule has 1 fully saturated rings. The van der Waals surface area contributed by atoms with Gasteiger partial charge in [0.2, 0.25) is 0 Å². The lowest BCUT2D eigenvalue weighted by Gasteiger charge is -2.19. The van der Waals surface area contributed by atoms with E-state index in [0.29, 0.717) is 0 Å². The molecule has 1 aromatic rings. The van der Waals surface area contributed by atoms with E-state index in [1.807, 2.05) is 12.1 Å². The molecule has 1 saturated heterocycles. The van der Waals surface area contributed by atoms with E-state index in [1.54, 1.807) is 0 Å². The molecule has 0 bridgehead atoms. The summed E-state index contributed by atoms with van der Waals surface area (Å²) in [6, 6.07) is 8.87. The maximum absolute atomic E-state index is 5.87. The van der Waals surface area contributed by atoms with Gasteiger partial charge in [0.25, 0.3) is 0 Å². The third kappa shape index (κ3) is 4.30. The van der Waals surface area contributed by atoms with E-state index in [-0.39, 0.29) is 0 Å². The normalized spacial score (nSPS) is 20.1. The Hall–Kier alpha value is -0.570. The standard InChI is InChI=1S/C14H21ClN2/c1-17(10-8-14-3-2-9-16-14)11-12-4-6-13(15)7-5-12/h4-7,14,16H,2-3,8-11H2,1H3. The Labute approximate surface area is 109 Å². The second kappa shape index (κ2) is 6.39. The highest BCUT2D eigenvalue weighted by Crippen LogP contribution is 2.12. The molecule has 0 amide bonds.